The lowest BCUT2D eigenvalue weighted by atomic mass is 9.88. The molecule has 9 heteroatoms. The third-order valence-corrected chi connectivity index (χ3v) is 6.01. The van der Waals surface area contributed by atoms with Gasteiger partial charge >= 0.3 is 5.97 Å². The second kappa shape index (κ2) is 5.75. The Morgan fingerprint density at radius 1 is 1.38 bits per heavy atom. The molecule has 4 rings (SSSR count). The van der Waals surface area contributed by atoms with Crippen LogP contribution in [0.5, 0.6) is 0 Å². The summed E-state index contributed by atoms with van der Waals surface area (Å²) in [7, 11) is 1.38. The summed E-state index contributed by atoms with van der Waals surface area (Å²) in [5.41, 5.74) is 1.60. The van der Waals surface area contributed by atoms with Gasteiger partial charge in [-0.3, -0.25) is 4.79 Å². The molecule has 0 N–H and O–H groups in total. The van der Waals surface area contributed by atoms with Gasteiger partial charge in [0, 0.05) is 16.0 Å². The van der Waals surface area contributed by atoms with Gasteiger partial charge in [0.15, 0.2) is 0 Å². The molecule has 0 saturated carbocycles. The largest absolute Gasteiger partial charge is 0.468 e. The van der Waals surface area contributed by atoms with Crippen LogP contribution in [0, 0.1) is 5.92 Å². The molecule has 2 unspecified atom stereocenters. The molecule has 3 heterocycles. The molecule has 3 aromatic rings. The summed E-state index contributed by atoms with van der Waals surface area (Å²) >= 11 is 5.26. The first-order valence-corrected chi connectivity index (χ1v) is 8.80. The predicted molar refractivity (Wildman–Crippen MR) is 93.8 cm³/mol. The number of ether oxygens (including phenoxy) is 1. The summed E-state index contributed by atoms with van der Waals surface area (Å²) in [5, 5.41) is 12.8. The van der Waals surface area contributed by atoms with Gasteiger partial charge in [-0.2, -0.15) is 0 Å². The molecule has 2 aromatic heterocycles. The van der Waals surface area contributed by atoms with Gasteiger partial charge in [0.05, 0.1) is 10.9 Å². The lowest BCUT2D eigenvalue weighted by Crippen LogP contribution is -2.36. The van der Waals surface area contributed by atoms with Gasteiger partial charge in [-0.05, 0) is 44.7 Å². The highest BCUT2D eigenvalue weighted by Crippen LogP contribution is 2.45. The summed E-state index contributed by atoms with van der Waals surface area (Å²) in [6.45, 7) is 1.80. The second-order valence-electron chi connectivity index (χ2n) is 5.41. The number of rotatable bonds is 2. The molecule has 0 fully saturated rings. The fourth-order valence-corrected chi connectivity index (χ4v) is 5.01. The summed E-state index contributed by atoms with van der Waals surface area (Å²) in [6.07, 6.45) is 0. The van der Waals surface area contributed by atoms with Gasteiger partial charge in [0.25, 0.3) is 5.95 Å². The zero-order valence-electron chi connectivity index (χ0n) is 12.8. The highest BCUT2D eigenvalue weighted by molar-refractivity contribution is 9.11. The van der Waals surface area contributed by atoms with Crippen LogP contribution in [-0.4, -0.2) is 39.0 Å². The molecular formula is C15H12BrN5O2S. The van der Waals surface area contributed by atoms with Crippen LogP contribution >= 0.6 is 27.3 Å². The second-order valence-corrected chi connectivity index (χ2v) is 7.78. The van der Waals surface area contributed by atoms with Gasteiger partial charge in [-0.15, -0.1) is 11.3 Å². The van der Waals surface area contributed by atoms with E-state index in [1.807, 2.05) is 24.3 Å². The predicted octanol–water partition coefficient (Wildman–Crippen LogP) is 3.13. The number of carbonyl (C=O) groups is 1. The topological polar surface area (TPSA) is 82.3 Å². The molecule has 7 nitrogen and oxygen atoms in total. The van der Waals surface area contributed by atoms with Crippen molar-refractivity contribution in [3.63, 3.8) is 0 Å². The van der Waals surface area contributed by atoms with Gasteiger partial charge in [0.1, 0.15) is 12.0 Å². The number of aromatic nitrogens is 4. The van der Waals surface area contributed by atoms with Gasteiger partial charge in [0.2, 0.25) is 0 Å². The number of halogens is 1. The molecule has 0 amide bonds. The van der Waals surface area contributed by atoms with Crippen molar-refractivity contribution in [3.05, 3.63) is 33.6 Å². The van der Waals surface area contributed by atoms with Gasteiger partial charge < -0.3 is 4.74 Å². The molecule has 2 atom stereocenters. The van der Waals surface area contributed by atoms with E-state index in [0.717, 1.165) is 19.4 Å². The zero-order chi connectivity index (χ0) is 16.8. The van der Waals surface area contributed by atoms with Crippen LogP contribution in [0.25, 0.3) is 10.1 Å². The maximum absolute atomic E-state index is 12.5. The minimum absolute atomic E-state index is 0.357. The van der Waals surface area contributed by atoms with E-state index in [4.69, 9.17) is 4.74 Å². The van der Waals surface area contributed by atoms with Crippen LogP contribution in [-0.2, 0) is 9.53 Å². The maximum atomic E-state index is 12.5. The molecule has 1 aliphatic rings. The Hall–Kier alpha value is -2.13. The van der Waals surface area contributed by atoms with Crippen molar-refractivity contribution in [1.82, 2.24) is 20.2 Å². The Kier molecular flexibility index (Phi) is 3.69. The normalized spacial score (nSPS) is 19.9. The van der Waals surface area contributed by atoms with Crippen LogP contribution in [0.2, 0.25) is 0 Å². The third-order valence-electron chi connectivity index (χ3n) is 4.12. The standard InChI is InChI=1S/C15H12BrN5O2S/c1-7-10(14(22)23-2)12(21-15(17-7)18-19-20-21)11-8-5-3-4-6-9(8)24-13(11)16/h3-6,10,12H,1-2H3. The van der Waals surface area contributed by atoms with Crippen LogP contribution in [0.4, 0.5) is 5.95 Å². The smallest absolute Gasteiger partial charge is 0.316 e. The first-order valence-electron chi connectivity index (χ1n) is 7.19. The number of hydrogen-bond donors (Lipinski definition) is 0. The van der Waals surface area contributed by atoms with E-state index >= 15 is 0 Å². The fraction of sp³-hybridized carbons (Fsp3) is 0.267. The van der Waals surface area contributed by atoms with E-state index in [1.165, 1.54) is 7.11 Å². The Morgan fingerprint density at radius 3 is 2.96 bits per heavy atom. The quantitative estimate of drug-likeness (QED) is 0.611. The number of aliphatic imine (C=N–C) groups is 1. The van der Waals surface area contributed by atoms with Crippen molar-refractivity contribution in [3.8, 4) is 0 Å². The highest BCUT2D eigenvalue weighted by Gasteiger charge is 2.42. The number of carbonyl (C=O) groups excluding carboxylic acids is 1. The minimum Gasteiger partial charge on any atom is -0.468 e. The number of nitrogens with zero attached hydrogens (tertiary/aromatic N) is 5. The molecule has 1 aromatic carbocycles. The van der Waals surface area contributed by atoms with Crippen molar-refractivity contribution in [1.29, 1.82) is 0 Å². The molecule has 0 radical (unpaired) electrons. The lowest BCUT2D eigenvalue weighted by molar-refractivity contribution is -0.144. The molecule has 0 bridgehead atoms. The van der Waals surface area contributed by atoms with Crippen LogP contribution in [0.15, 0.2) is 33.0 Å². The number of esters is 1. The third kappa shape index (κ3) is 2.19. The molecular weight excluding hydrogens is 394 g/mol. The fourth-order valence-electron chi connectivity index (χ4n) is 3.07. The van der Waals surface area contributed by atoms with Crippen molar-refractivity contribution in [2.45, 2.75) is 13.0 Å². The summed E-state index contributed by atoms with van der Waals surface area (Å²) in [5.74, 6) is -0.551. The number of hydrogen-bond acceptors (Lipinski definition) is 7. The first-order chi connectivity index (χ1) is 11.6. The number of methoxy groups -OCH3 is 1. The molecule has 0 aliphatic carbocycles. The van der Waals surface area contributed by atoms with Crippen LogP contribution in [0.1, 0.15) is 18.5 Å². The van der Waals surface area contributed by atoms with Crippen LogP contribution < -0.4 is 0 Å². The average Bonchev–Trinajstić information content (AvgIpc) is 3.16. The zero-order valence-corrected chi connectivity index (χ0v) is 15.2. The summed E-state index contributed by atoms with van der Waals surface area (Å²) in [6, 6.07) is 7.63. The SMILES string of the molecule is COC(=O)C1C(C)=Nc2nnnn2C1c1c(Br)sc2ccccc12. The van der Waals surface area contributed by atoms with Crippen LogP contribution in [0.3, 0.4) is 0 Å². The van der Waals surface area contributed by atoms with Gasteiger partial charge in [-0.25, -0.2) is 9.67 Å². The van der Waals surface area contributed by atoms with Crippen molar-refractivity contribution >= 4 is 55.0 Å². The molecule has 1 aliphatic heterocycles. The summed E-state index contributed by atoms with van der Waals surface area (Å²) < 4.78 is 8.68. The number of thiophene rings is 1. The Labute approximate surface area is 149 Å². The Balaban J connectivity index is 2.01. The Bertz CT molecular complexity index is 979. The molecule has 0 saturated heterocycles. The summed E-state index contributed by atoms with van der Waals surface area (Å²) in [4.78, 5) is 16.8. The maximum Gasteiger partial charge on any atom is 0.316 e. The van der Waals surface area contributed by atoms with Gasteiger partial charge in [-0.1, -0.05) is 23.3 Å². The molecule has 24 heavy (non-hydrogen) atoms. The van der Waals surface area contributed by atoms with E-state index < -0.39 is 12.0 Å². The van der Waals surface area contributed by atoms with Crippen molar-refractivity contribution < 1.29 is 9.53 Å². The molecule has 122 valence electrons. The first kappa shape index (κ1) is 15.4. The number of tetrazole rings is 1. The van der Waals surface area contributed by atoms with Crippen molar-refractivity contribution in [2.24, 2.45) is 10.9 Å². The van der Waals surface area contributed by atoms with E-state index in [1.54, 1.807) is 22.9 Å². The van der Waals surface area contributed by atoms with Crippen molar-refractivity contribution in [2.75, 3.05) is 7.11 Å². The number of fused-ring (bicyclic) bond motifs is 2. The Morgan fingerprint density at radius 2 is 2.17 bits per heavy atom. The number of benzene rings is 1. The lowest BCUT2D eigenvalue weighted by Gasteiger charge is -2.28. The van der Waals surface area contributed by atoms with E-state index in [9.17, 15) is 4.79 Å². The average molecular weight is 406 g/mol. The van der Waals surface area contributed by atoms with E-state index in [-0.39, 0.29) is 5.97 Å². The monoisotopic (exact) mass is 405 g/mol. The van der Waals surface area contributed by atoms with E-state index in [2.05, 4.69) is 36.4 Å². The van der Waals surface area contributed by atoms with E-state index in [0.29, 0.717) is 11.7 Å². The minimum atomic E-state index is -0.583. The molecule has 0 spiro atoms. The highest BCUT2D eigenvalue weighted by atomic mass is 79.9.